The second kappa shape index (κ2) is 12.5. The smallest absolute Gasteiger partial charge is 0.254 e. The Morgan fingerprint density at radius 3 is 2.59 bits per heavy atom. The fourth-order valence-electron chi connectivity index (χ4n) is 6.89. The molecular formula is C36H40F2N6O2. The van der Waals surface area contributed by atoms with E-state index >= 15 is 4.39 Å². The van der Waals surface area contributed by atoms with E-state index in [0.717, 1.165) is 66.0 Å². The summed E-state index contributed by atoms with van der Waals surface area (Å²) in [6, 6.07) is 9.08. The number of ether oxygens (including phenoxy) is 1. The van der Waals surface area contributed by atoms with Crippen LogP contribution < -0.4 is 15.0 Å². The van der Waals surface area contributed by atoms with Crippen LogP contribution in [0.5, 0.6) is 5.75 Å². The first kappa shape index (κ1) is 30.3. The van der Waals surface area contributed by atoms with Crippen LogP contribution in [-0.4, -0.2) is 71.7 Å². The van der Waals surface area contributed by atoms with Crippen LogP contribution in [0.3, 0.4) is 0 Å². The van der Waals surface area contributed by atoms with Crippen molar-refractivity contribution in [3.05, 3.63) is 76.9 Å². The third-order valence-electron chi connectivity index (χ3n) is 9.43. The number of hydrogen-bond acceptors (Lipinski definition) is 6. The van der Waals surface area contributed by atoms with Crippen molar-refractivity contribution in [2.24, 2.45) is 5.92 Å². The zero-order valence-electron chi connectivity index (χ0n) is 26.7. The van der Waals surface area contributed by atoms with E-state index in [-0.39, 0.29) is 11.7 Å². The Balaban J connectivity index is 1.31. The quantitative estimate of drug-likeness (QED) is 0.259. The van der Waals surface area contributed by atoms with Gasteiger partial charge in [0.1, 0.15) is 5.82 Å². The molecule has 4 aromatic rings. The van der Waals surface area contributed by atoms with Crippen LogP contribution in [0.15, 0.2) is 42.6 Å². The molecule has 1 saturated carbocycles. The van der Waals surface area contributed by atoms with E-state index in [9.17, 15) is 9.18 Å². The zero-order chi connectivity index (χ0) is 31.9. The summed E-state index contributed by atoms with van der Waals surface area (Å²) in [7, 11) is 1.49. The van der Waals surface area contributed by atoms with Crippen molar-refractivity contribution >= 4 is 28.2 Å². The fourth-order valence-corrected chi connectivity index (χ4v) is 6.89. The van der Waals surface area contributed by atoms with E-state index in [1.165, 1.54) is 19.4 Å². The number of halogens is 2. The highest BCUT2D eigenvalue weighted by atomic mass is 19.1. The molecule has 3 aromatic heterocycles. The number of nitrogens with one attached hydrogen (secondary N) is 1. The second-order valence-corrected chi connectivity index (χ2v) is 12.6. The van der Waals surface area contributed by atoms with E-state index in [4.69, 9.17) is 9.72 Å². The molecule has 1 aliphatic carbocycles. The SMILES string of the molecule is CCc1nc(C)ccc1-c1cc(C(=O)N2CCN(c3ncc(F)cc3OC)CC2)cc2c(F)c(C3=CCCNC3)n(CC3CC3)c12. The predicted molar refractivity (Wildman–Crippen MR) is 176 cm³/mol. The Morgan fingerprint density at radius 2 is 1.89 bits per heavy atom. The fraction of sp³-hybridized carbons (Fsp3) is 0.417. The van der Waals surface area contributed by atoms with Crippen LogP contribution in [0.1, 0.15) is 53.6 Å². The maximum absolute atomic E-state index is 16.8. The third kappa shape index (κ3) is 5.63. The molecule has 240 valence electrons. The van der Waals surface area contributed by atoms with Gasteiger partial charge in [-0.15, -0.1) is 0 Å². The summed E-state index contributed by atoms with van der Waals surface area (Å²) in [4.78, 5) is 27.1. The maximum atomic E-state index is 16.8. The van der Waals surface area contributed by atoms with Crippen LogP contribution in [0.4, 0.5) is 14.6 Å². The molecule has 1 aromatic carbocycles. The number of aromatic nitrogens is 3. The van der Waals surface area contributed by atoms with Gasteiger partial charge in [-0.05, 0) is 68.8 Å². The van der Waals surface area contributed by atoms with E-state index < -0.39 is 5.82 Å². The van der Waals surface area contributed by atoms with Gasteiger partial charge in [-0.1, -0.05) is 19.1 Å². The van der Waals surface area contributed by atoms with Gasteiger partial charge in [0, 0.05) is 78.8 Å². The minimum Gasteiger partial charge on any atom is -0.493 e. The lowest BCUT2D eigenvalue weighted by Gasteiger charge is -2.36. The van der Waals surface area contributed by atoms with Gasteiger partial charge in [0.15, 0.2) is 17.4 Å². The Morgan fingerprint density at radius 1 is 1.09 bits per heavy atom. The Labute approximate surface area is 268 Å². The molecule has 2 aliphatic heterocycles. The van der Waals surface area contributed by atoms with Crippen LogP contribution in [0.25, 0.3) is 27.6 Å². The number of piperazine rings is 1. The van der Waals surface area contributed by atoms with Gasteiger partial charge in [-0.2, -0.15) is 0 Å². The number of hydrogen-bond donors (Lipinski definition) is 1. The summed E-state index contributed by atoms with van der Waals surface area (Å²) in [5.41, 5.74) is 6.53. The number of methoxy groups -OCH3 is 1. The van der Waals surface area contributed by atoms with Crippen LogP contribution in [0.2, 0.25) is 0 Å². The molecule has 8 nitrogen and oxygen atoms in total. The average Bonchev–Trinajstić information content (AvgIpc) is 3.87. The lowest BCUT2D eigenvalue weighted by Crippen LogP contribution is -2.49. The van der Waals surface area contributed by atoms with Crippen molar-refractivity contribution in [3.63, 3.8) is 0 Å². The van der Waals surface area contributed by atoms with Gasteiger partial charge < -0.3 is 24.4 Å². The van der Waals surface area contributed by atoms with Crippen molar-refractivity contribution in [2.75, 3.05) is 51.3 Å². The minimum atomic E-state index is -0.465. The summed E-state index contributed by atoms with van der Waals surface area (Å²) >= 11 is 0. The normalized spacial score (nSPS) is 17.0. The summed E-state index contributed by atoms with van der Waals surface area (Å²) in [5.74, 6) is 0.559. The standard InChI is InChI=1S/C36H40F2N6O2/c1-4-30-27(10-7-22(2)41-30)28-16-25(36(45)43-14-12-42(13-15-43)35-31(46-3)18-26(37)20-40-35)17-29-32(38)33(24-6-5-11-39-19-24)44(34(28)29)21-23-8-9-23/h6-7,10,16-18,20,23,39H,4-5,8-9,11-15,19,21H2,1-3H3. The van der Waals surface area contributed by atoms with Gasteiger partial charge in [0.2, 0.25) is 0 Å². The van der Waals surface area contributed by atoms with E-state index in [0.29, 0.717) is 73.3 Å². The van der Waals surface area contributed by atoms with Gasteiger partial charge in [-0.25, -0.2) is 13.8 Å². The van der Waals surface area contributed by atoms with E-state index in [1.54, 1.807) is 11.0 Å². The number of amides is 1. The Hall–Kier alpha value is -4.31. The maximum Gasteiger partial charge on any atom is 0.254 e. The first-order chi connectivity index (χ1) is 22.4. The van der Waals surface area contributed by atoms with Crippen molar-refractivity contribution in [2.45, 2.75) is 46.1 Å². The first-order valence-electron chi connectivity index (χ1n) is 16.3. The largest absolute Gasteiger partial charge is 0.493 e. The van der Waals surface area contributed by atoms with Gasteiger partial charge in [0.05, 0.1) is 24.5 Å². The molecule has 0 atom stereocenters. The zero-order valence-corrected chi connectivity index (χ0v) is 26.7. The number of rotatable bonds is 8. The number of fused-ring (bicyclic) bond motifs is 1. The molecule has 3 aliphatic rings. The van der Waals surface area contributed by atoms with Crippen molar-refractivity contribution in [1.82, 2.24) is 24.8 Å². The van der Waals surface area contributed by atoms with Crippen molar-refractivity contribution < 1.29 is 18.3 Å². The highest BCUT2D eigenvalue weighted by Gasteiger charge is 2.32. The van der Waals surface area contributed by atoms with E-state index in [2.05, 4.69) is 33.9 Å². The third-order valence-corrected chi connectivity index (χ3v) is 9.43. The van der Waals surface area contributed by atoms with Crippen molar-refractivity contribution in [1.29, 1.82) is 0 Å². The first-order valence-corrected chi connectivity index (χ1v) is 16.3. The molecular weight excluding hydrogens is 586 g/mol. The summed E-state index contributed by atoms with van der Waals surface area (Å²) in [6.07, 6.45) is 7.17. The summed E-state index contributed by atoms with van der Waals surface area (Å²) < 4.78 is 38.1. The molecule has 7 rings (SSSR count). The molecule has 5 heterocycles. The number of aryl methyl sites for hydroxylation is 2. The molecule has 0 radical (unpaired) electrons. The number of pyridine rings is 2. The Kier molecular flexibility index (Phi) is 8.23. The highest BCUT2D eigenvalue weighted by molar-refractivity contribution is 6.05. The Bertz CT molecular complexity index is 1840. The summed E-state index contributed by atoms with van der Waals surface area (Å²) in [6.45, 7) is 8.20. The number of benzene rings is 1. The van der Waals surface area contributed by atoms with Crippen LogP contribution >= 0.6 is 0 Å². The molecule has 2 fully saturated rings. The molecule has 10 heteroatoms. The number of carbonyl (C=O) groups excluding carboxylic acids is 1. The number of nitrogens with zero attached hydrogens (tertiary/aromatic N) is 5. The monoisotopic (exact) mass is 626 g/mol. The van der Waals surface area contributed by atoms with Gasteiger partial charge in [-0.3, -0.25) is 9.78 Å². The predicted octanol–water partition coefficient (Wildman–Crippen LogP) is 6.01. The molecule has 46 heavy (non-hydrogen) atoms. The summed E-state index contributed by atoms with van der Waals surface area (Å²) in [5, 5.41) is 3.89. The number of carbonyl (C=O) groups is 1. The van der Waals surface area contributed by atoms with Gasteiger partial charge >= 0.3 is 0 Å². The minimum absolute atomic E-state index is 0.144. The molecule has 0 spiro atoms. The van der Waals surface area contributed by atoms with Crippen LogP contribution in [0, 0.1) is 24.5 Å². The second-order valence-electron chi connectivity index (χ2n) is 12.6. The van der Waals surface area contributed by atoms with E-state index in [1.807, 2.05) is 24.0 Å². The molecule has 1 amide bonds. The highest BCUT2D eigenvalue weighted by Crippen LogP contribution is 2.42. The van der Waals surface area contributed by atoms with Crippen molar-refractivity contribution in [3.8, 4) is 16.9 Å². The molecule has 1 N–H and O–H groups in total. The van der Waals surface area contributed by atoms with Gasteiger partial charge in [0.25, 0.3) is 5.91 Å². The average molecular weight is 627 g/mol. The lowest BCUT2D eigenvalue weighted by molar-refractivity contribution is 0.0746. The molecule has 0 unspecified atom stereocenters. The molecule has 1 saturated heterocycles. The van der Waals surface area contributed by atoms with Crippen LogP contribution in [-0.2, 0) is 13.0 Å². The molecule has 0 bridgehead atoms. The lowest BCUT2D eigenvalue weighted by atomic mass is 9.96. The topological polar surface area (TPSA) is 75.5 Å². The number of anilines is 1.